The van der Waals surface area contributed by atoms with Crippen LogP contribution in [0.5, 0.6) is 0 Å². The Bertz CT molecular complexity index is 543. The molecule has 0 fully saturated rings. The number of hydrogen-bond donors (Lipinski definition) is 2. The van der Waals surface area contributed by atoms with Gasteiger partial charge in [0.1, 0.15) is 0 Å². The number of rotatable bonds is 8. The van der Waals surface area contributed by atoms with Crippen molar-refractivity contribution in [3.8, 4) is 0 Å². The molecular weight excluding hydrogens is 284 g/mol. The zero-order valence-electron chi connectivity index (χ0n) is 13.7. The van der Waals surface area contributed by atoms with Gasteiger partial charge in [0.2, 0.25) is 10.0 Å². The van der Waals surface area contributed by atoms with Crippen LogP contribution in [0.15, 0.2) is 29.2 Å². The molecule has 1 aromatic carbocycles. The molecule has 0 saturated heterocycles. The molecule has 1 rings (SSSR count). The maximum atomic E-state index is 12.4. The summed E-state index contributed by atoms with van der Waals surface area (Å²) in [5.74, 6) is 0.512. The van der Waals surface area contributed by atoms with Gasteiger partial charge in [0.15, 0.2) is 0 Å². The fraction of sp³-hybridized carbons (Fsp3) is 0.625. The van der Waals surface area contributed by atoms with Crippen LogP contribution in [0.3, 0.4) is 0 Å². The van der Waals surface area contributed by atoms with E-state index in [1.165, 1.54) is 0 Å². The van der Waals surface area contributed by atoms with Crippen LogP contribution >= 0.6 is 0 Å². The first-order chi connectivity index (χ1) is 9.80. The molecule has 0 heterocycles. The van der Waals surface area contributed by atoms with E-state index in [0.29, 0.717) is 10.8 Å². The van der Waals surface area contributed by atoms with Gasteiger partial charge in [-0.3, -0.25) is 0 Å². The van der Waals surface area contributed by atoms with E-state index in [9.17, 15) is 8.42 Å². The van der Waals surface area contributed by atoms with Crippen LogP contribution in [0.25, 0.3) is 0 Å². The zero-order valence-corrected chi connectivity index (χ0v) is 14.5. The van der Waals surface area contributed by atoms with Crippen molar-refractivity contribution in [3.05, 3.63) is 29.8 Å². The van der Waals surface area contributed by atoms with Crippen molar-refractivity contribution in [2.75, 3.05) is 7.05 Å². The number of hydrogen-bond acceptors (Lipinski definition) is 3. The molecule has 0 radical (unpaired) electrons. The maximum absolute atomic E-state index is 12.4. The quantitative estimate of drug-likeness (QED) is 0.775. The predicted octanol–water partition coefficient (Wildman–Crippen LogP) is 3.07. The van der Waals surface area contributed by atoms with Crippen LogP contribution < -0.4 is 10.0 Å². The smallest absolute Gasteiger partial charge is 0.240 e. The minimum Gasteiger partial charge on any atom is -0.313 e. The van der Waals surface area contributed by atoms with E-state index >= 15 is 0 Å². The summed E-state index contributed by atoms with van der Waals surface area (Å²) in [7, 11) is -1.60. The summed E-state index contributed by atoms with van der Waals surface area (Å²) in [6.45, 7) is 8.18. The third kappa shape index (κ3) is 5.41. The van der Waals surface area contributed by atoms with Gasteiger partial charge in [-0.15, -0.1) is 0 Å². The Kier molecular flexibility index (Phi) is 6.84. The molecule has 1 aromatic rings. The van der Waals surface area contributed by atoms with Crippen molar-refractivity contribution < 1.29 is 8.42 Å². The van der Waals surface area contributed by atoms with Gasteiger partial charge >= 0.3 is 0 Å². The molecule has 21 heavy (non-hydrogen) atoms. The Morgan fingerprint density at radius 2 is 1.86 bits per heavy atom. The summed E-state index contributed by atoms with van der Waals surface area (Å²) >= 11 is 0. The van der Waals surface area contributed by atoms with E-state index in [2.05, 4.69) is 23.9 Å². The Balaban J connectivity index is 2.88. The molecule has 0 bridgehead atoms. The van der Waals surface area contributed by atoms with Crippen LogP contribution in [-0.4, -0.2) is 21.5 Å². The molecule has 0 aliphatic heterocycles. The highest BCUT2D eigenvalue weighted by molar-refractivity contribution is 7.89. The van der Waals surface area contributed by atoms with E-state index in [0.717, 1.165) is 18.4 Å². The Morgan fingerprint density at radius 3 is 2.43 bits per heavy atom. The van der Waals surface area contributed by atoms with Gasteiger partial charge in [0.25, 0.3) is 0 Å². The second-order valence-electron chi connectivity index (χ2n) is 5.85. The molecule has 0 aliphatic rings. The molecule has 3 unspecified atom stereocenters. The zero-order chi connectivity index (χ0) is 16.0. The summed E-state index contributed by atoms with van der Waals surface area (Å²) in [6.07, 6.45) is 1.91. The highest BCUT2D eigenvalue weighted by Gasteiger charge is 2.19. The third-order valence-corrected chi connectivity index (χ3v) is 5.50. The monoisotopic (exact) mass is 312 g/mol. The number of sulfonamides is 1. The fourth-order valence-electron chi connectivity index (χ4n) is 2.27. The molecule has 0 spiro atoms. The van der Waals surface area contributed by atoms with Gasteiger partial charge in [-0.1, -0.05) is 32.4 Å². The van der Waals surface area contributed by atoms with Gasteiger partial charge in [0, 0.05) is 12.1 Å². The second kappa shape index (κ2) is 7.92. The minimum absolute atomic E-state index is 0.0599. The lowest BCUT2D eigenvalue weighted by atomic mass is 10.0. The molecule has 0 aromatic heterocycles. The van der Waals surface area contributed by atoms with Crippen molar-refractivity contribution in [1.29, 1.82) is 0 Å². The normalized spacial score (nSPS) is 16.4. The lowest BCUT2D eigenvalue weighted by Gasteiger charge is -2.18. The maximum Gasteiger partial charge on any atom is 0.240 e. The summed E-state index contributed by atoms with van der Waals surface area (Å²) < 4.78 is 27.7. The second-order valence-corrected chi connectivity index (χ2v) is 7.57. The lowest BCUT2D eigenvalue weighted by molar-refractivity contribution is 0.445. The Hall–Kier alpha value is -0.910. The van der Waals surface area contributed by atoms with Crippen molar-refractivity contribution in [3.63, 3.8) is 0 Å². The topological polar surface area (TPSA) is 58.2 Å². The Labute approximate surface area is 129 Å². The summed E-state index contributed by atoms with van der Waals surface area (Å²) in [6, 6.07) is 7.16. The first-order valence-corrected chi connectivity index (χ1v) is 9.08. The average molecular weight is 312 g/mol. The van der Waals surface area contributed by atoms with Crippen molar-refractivity contribution >= 4 is 10.0 Å². The van der Waals surface area contributed by atoms with E-state index < -0.39 is 10.0 Å². The lowest BCUT2D eigenvalue weighted by Crippen LogP contribution is -2.33. The molecular formula is C16H28N2O2S. The summed E-state index contributed by atoms with van der Waals surface area (Å²) in [5, 5.41) is 3.12. The molecule has 0 amide bonds. The predicted molar refractivity (Wildman–Crippen MR) is 87.8 cm³/mol. The van der Waals surface area contributed by atoms with Crippen LogP contribution in [0.2, 0.25) is 0 Å². The van der Waals surface area contributed by atoms with Crippen molar-refractivity contribution in [2.45, 2.75) is 57.5 Å². The molecule has 120 valence electrons. The largest absolute Gasteiger partial charge is 0.313 e. The highest BCUT2D eigenvalue weighted by Crippen LogP contribution is 2.18. The van der Waals surface area contributed by atoms with Gasteiger partial charge in [-0.2, -0.15) is 0 Å². The average Bonchev–Trinajstić information content (AvgIpc) is 2.45. The third-order valence-electron chi connectivity index (χ3n) is 3.91. The summed E-state index contributed by atoms with van der Waals surface area (Å²) in [4.78, 5) is 0.332. The fourth-order valence-corrected chi connectivity index (χ4v) is 3.58. The van der Waals surface area contributed by atoms with E-state index in [-0.39, 0.29) is 12.1 Å². The van der Waals surface area contributed by atoms with E-state index in [1.807, 2.05) is 27.0 Å². The first kappa shape index (κ1) is 18.1. The SMILES string of the molecule is CCC(C)CC(C)NS(=O)(=O)c1cccc(C(C)NC)c1. The van der Waals surface area contributed by atoms with Crippen molar-refractivity contribution in [1.82, 2.24) is 10.0 Å². The highest BCUT2D eigenvalue weighted by atomic mass is 32.2. The van der Waals surface area contributed by atoms with Crippen LogP contribution in [-0.2, 0) is 10.0 Å². The van der Waals surface area contributed by atoms with Crippen LogP contribution in [0.4, 0.5) is 0 Å². The van der Waals surface area contributed by atoms with E-state index in [1.54, 1.807) is 18.2 Å². The first-order valence-electron chi connectivity index (χ1n) is 7.59. The van der Waals surface area contributed by atoms with Crippen LogP contribution in [0, 0.1) is 5.92 Å². The Morgan fingerprint density at radius 1 is 1.19 bits per heavy atom. The molecule has 4 nitrogen and oxygen atoms in total. The number of nitrogens with one attached hydrogen (secondary N) is 2. The molecule has 2 N–H and O–H groups in total. The van der Waals surface area contributed by atoms with Gasteiger partial charge < -0.3 is 5.32 Å². The van der Waals surface area contributed by atoms with Gasteiger partial charge in [-0.25, -0.2) is 13.1 Å². The molecule has 0 saturated carbocycles. The van der Waals surface area contributed by atoms with Gasteiger partial charge in [-0.05, 0) is 50.9 Å². The van der Waals surface area contributed by atoms with Crippen molar-refractivity contribution in [2.24, 2.45) is 5.92 Å². The summed E-state index contributed by atoms with van der Waals surface area (Å²) in [5.41, 5.74) is 0.968. The number of benzene rings is 1. The van der Waals surface area contributed by atoms with Crippen LogP contribution in [0.1, 0.15) is 52.1 Å². The van der Waals surface area contributed by atoms with E-state index in [4.69, 9.17) is 0 Å². The standard InChI is InChI=1S/C16H28N2O2S/c1-6-12(2)10-13(3)18-21(19,20)16-9-7-8-15(11-16)14(4)17-5/h7-9,11-14,17-18H,6,10H2,1-5H3. The molecule has 5 heteroatoms. The van der Waals surface area contributed by atoms with Gasteiger partial charge in [0.05, 0.1) is 4.90 Å². The molecule has 3 atom stereocenters. The minimum atomic E-state index is -3.46. The molecule has 0 aliphatic carbocycles.